The van der Waals surface area contributed by atoms with Crippen molar-refractivity contribution in [3.05, 3.63) is 48.3 Å². The van der Waals surface area contributed by atoms with Crippen molar-refractivity contribution < 1.29 is 18.3 Å². The maximum Gasteiger partial charge on any atom is 0.129 e. The smallest absolute Gasteiger partial charge is 0.129 e. The number of rotatable bonds is 15. The van der Waals surface area contributed by atoms with Crippen LogP contribution in [0.15, 0.2) is 45.6 Å². The summed E-state index contributed by atoms with van der Waals surface area (Å²) in [5.41, 5.74) is 0. The van der Waals surface area contributed by atoms with Crippen molar-refractivity contribution >= 4 is 0 Å². The largest absolute Gasteiger partial charge is 0.467 e. The Hall–Kier alpha value is -1.52. The van der Waals surface area contributed by atoms with Gasteiger partial charge in [0.25, 0.3) is 0 Å². The molecule has 0 amide bonds. The fourth-order valence-electron chi connectivity index (χ4n) is 2.60. The highest BCUT2D eigenvalue weighted by Gasteiger charge is 1.97. The van der Waals surface area contributed by atoms with Crippen LogP contribution in [0.5, 0.6) is 0 Å². The minimum Gasteiger partial charge on any atom is -0.467 e. The minimum absolute atomic E-state index is 0.592. The number of furan rings is 2. The van der Waals surface area contributed by atoms with Crippen molar-refractivity contribution in [3.63, 3.8) is 0 Å². The summed E-state index contributed by atoms with van der Waals surface area (Å²) in [7, 11) is 0. The lowest BCUT2D eigenvalue weighted by Crippen LogP contribution is -1.95. The Bertz CT molecular complexity index is 429. The molecule has 2 aromatic rings. The number of unbranched alkanes of at least 4 members (excludes halogenated alkanes) is 7. The van der Waals surface area contributed by atoms with Crippen LogP contribution in [0, 0.1) is 0 Å². The van der Waals surface area contributed by atoms with Gasteiger partial charge in [-0.3, -0.25) is 0 Å². The summed E-state index contributed by atoms with van der Waals surface area (Å²) in [6.07, 6.45) is 13.4. The molecule has 0 bridgehead atoms. The van der Waals surface area contributed by atoms with Gasteiger partial charge in [0, 0.05) is 13.2 Å². The molecule has 0 atom stereocenters. The van der Waals surface area contributed by atoms with Gasteiger partial charge in [-0.2, -0.15) is 0 Å². The first kappa shape index (κ1) is 18.8. The van der Waals surface area contributed by atoms with E-state index in [-0.39, 0.29) is 0 Å². The first-order valence-electron chi connectivity index (χ1n) is 9.15. The summed E-state index contributed by atoms with van der Waals surface area (Å²) in [6.45, 7) is 2.84. The molecule has 2 aromatic heterocycles. The second kappa shape index (κ2) is 12.8. The Morgan fingerprint density at radius 3 is 1.38 bits per heavy atom. The SMILES string of the molecule is c1coc(COCCCCCCCCCCOCc2ccco2)c1. The maximum atomic E-state index is 5.57. The summed E-state index contributed by atoms with van der Waals surface area (Å²) in [5, 5.41) is 0. The molecule has 0 N–H and O–H groups in total. The maximum absolute atomic E-state index is 5.57. The molecule has 2 heterocycles. The number of hydrogen-bond acceptors (Lipinski definition) is 4. The first-order valence-corrected chi connectivity index (χ1v) is 9.15. The second-order valence-corrected chi connectivity index (χ2v) is 6.09. The zero-order valence-electron chi connectivity index (χ0n) is 14.6. The van der Waals surface area contributed by atoms with Gasteiger partial charge >= 0.3 is 0 Å². The highest BCUT2D eigenvalue weighted by Crippen LogP contribution is 2.10. The molecule has 0 unspecified atom stereocenters. The van der Waals surface area contributed by atoms with E-state index in [0.29, 0.717) is 13.2 Å². The topological polar surface area (TPSA) is 44.7 Å². The molecule has 0 radical (unpaired) electrons. The molecule has 4 nitrogen and oxygen atoms in total. The van der Waals surface area contributed by atoms with E-state index >= 15 is 0 Å². The summed E-state index contributed by atoms with van der Waals surface area (Å²) >= 11 is 0. The van der Waals surface area contributed by atoms with Gasteiger partial charge in [0.1, 0.15) is 24.7 Å². The summed E-state index contributed by atoms with van der Waals surface area (Å²) in [6, 6.07) is 7.68. The van der Waals surface area contributed by atoms with Crippen molar-refractivity contribution in [2.24, 2.45) is 0 Å². The van der Waals surface area contributed by atoms with E-state index in [0.717, 1.165) is 37.6 Å². The van der Waals surface area contributed by atoms with Gasteiger partial charge in [-0.1, -0.05) is 38.5 Å². The Kier molecular flexibility index (Phi) is 10.1. The third kappa shape index (κ3) is 8.94. The van der Waals surface area contributed by atoms with Crippen molar-refractivity contribution in [2.45, 2.75) is 64.6 Å². The molecule has 4 heteroatoms. The Labute approximate surface area is 145 Å². The second-order valence-electron chi connectivity index (χ2n) is 6.09. The molecular formula is C20H30O4. The van der Waals surface area contributed by atoms with Crippen LogP contribution in [0.4, 0.5) is 0 Å². The van der Waals surface area contributed by atoms with Crippen LogP contribution in [0.1, 0.15) is 62.9 Å². The van der Waals surface area contributed by atoms with Gasteiger partial charge in [0.2, 0.25) is 0 Å². The summed E-state index contributed by atoms with van der Waals surface area (Å²) in [5.74, 6) is 1.81. The van der Waals surface area contributed by atoms with Gasteiger partial charge in [0.15, 0.2) is 0 Å². The number of ether oxygens (including phenoxy) is 2. The highest BCUT2D eigenvalue weighted by atomic mass is 16.5. The third-order valence-corrected chi connectivity index (χ3v) is 3.98. The molecular weight excluding hydrogens is 304 g/mol. The van der Waals surface area contributed by atoms with E-state index in [4.69, 9.17) is 18.3 Å². The molecule has 0 aliphatic carbocycles. The summed E-state index contributed by atoms with van der Waals surface area (Å²) in [4.78, 5) is 0. The van der Waals surface area contributed by atoms with E-state index in [9.17, 15) is 0 Å². The van der Waals surface area contributed by atoms with Crippen molar-refractivity contribution in [1.29, 1.82) is 0 Å². The Morgan fingerprint density at radius 1 is 0.583 bits per heavy atom. The van der Waals surface area contributed by atoms with Crippen LogP contribution in [0.2, 0.25) is 0 Å². The molecule has 0 spiro atoms. The average Bonchev–Trinajstić information content (AvgIpc) is 3.28. The van der Waals surface area contributed by atoms with Gasteiger partial charge < -0.3 is 18.3 Å². The van der Waals surface area contributed by atoms with E-state index in [1.54, 1.807) is 12.5 Å². The molecule has 2 rings (SSSR count). The van der Waals surface area contributed by atoms with Gasteiger partial charge in [-0.15, -0.1) is 0 Å². The van der Waals surface area contributed by atoms with Gasteiger partial charge in [0.05, 0.1) is 12.5 Å². The van der Waals surface area contributed by atoms with Crippen molar-refractivity contribution in [1.82, 2.24) is 0 Å². The number of hydrogen-bond donors (Lipinski definition) is 0. The predicted octanol–water partition coefficient (Wildman–Crippen LogP) is 5.73. The first-order chi connectivity index (χ1) is 11.9. The monoisotopic (exact) mass is 334 g/mol. The molecule has 0 saturated carbocycles. The molecule has 0 fully saturated rings. The van der Waals surface area contributed by atoms with Crippen LogP contribution in [0.25, 0.3) is 0 Å². The lowest BCUT2D eigenvalue weighted by atomic mass is 10.1. The van der Waals surface area contributed by atoms with Gasteiger partial charge in [-0.05, 0) is 37.1 Å². The lowest BCUT2D eigenvalue weighted by Gasteiger charge is -2.04. The van der Waals surface area contributed by atoms with E-state index < -0.39 is 0 Å². The van der Waals surface area contributed by atoms with Crippen LogP contribution in [-0.4, -0.2) is 13.2 Å². The minimum atomic E-state index is 0.592. The molecule has 134 valence electrons. The van der Waals surface area contributed by atoms with Crippen molar-refractivity contribution in [2.75, 3.05) is 13.2 Å². The van der Waals surface area contributed by atoms with Crippen LogP contribution in [-0.2, 0) is 22.7 Å². The van der Waals surface area contributed by atoms with E-state index in [1.807, 2.05) is 24.3 Å². The van der Waals surface area contributed by atoms with Crippen LogP contribution in [0.3, 0.4) is 0 Å². The Morgan fingerprint density at radius 2 is 1.00 bits per heavy atom. The normalized spacial score (nSPS) is 11.2. The fourth-order valence-corrected chi connectivity index (χ4v) is 2.60. The standard InChI is InChI=1S/C20H30O4/c1(3-5-7-13-21-17-19-11-9-15-23-19)2-4-6-8-14-22-18-20-12-10-16-24-20/h9-12,15-16H,1-8,13-14,17-18H2. The zero-order valence-corrected chi connectivity index (χ0v) is 14.6. The molecule has 0 aliphatic heterocycles. The zero-order chi connectivity index (χ0) is 16.7. The van der Waals surface area contributed by atoms with E-state index in [2.05, 4.69) is 0 Å². The summed E-state index contributed by atoms with van der Waals surface area (Å²) < 4.78 is 21.6. The highest BCUT2D eigenvalue weighted by molar-refractivity contribution is 4.96. The lowest BCUT2D eigenvalue weighted by molar-refractivity contribution is 0.102. The van der Waals surface area contributed by atoms with Crippen molar-refractivity contribution in [3.8, 4) is 0 Å². The third-order valence-electron chi connectivity index (χ3n) is 3.98. The van der Waals surface area contributed by atoms with Gasteiger partial charge in [-0.25, -0.2) is 0 Å². The fraction of sp³-hybridized carbons (Fsp3) is 0.600. The molecule has 0 saturated heterocycles. The molecule has 0 aromatic carbocycles. The van der Waals surface area contributed by atoms with E-state index in [1.165, 1.54) is 38.5 Å². The predicted molar refractivity (Wildman–Crippen MR) is 93.7 cm³/mol. The Balaban J connectivity index is 1.25. The molecule has 0 aliphatic rings. The van der Waals surface area contributed by atoms with Crippen LogP contribution >= 0.6 is 0 Å². The average molecular weight is 334 g/mol. The quantitative estimate of drug-likeness (QED) is 0.390. The van der Waals surface area contributed by atoms with Crippen LogP contribution < -0.4 is 0 Å². The molecule has 24 heavy (non-hydrogen) atoms.